The summed E-state index contributed by atoms with van der Waals surface area (Å²) >= 11 is 0. The number of likely N-dealkylation sites (tertiary alicyclic amines) is 1. The molecule has 1 aromatic carbocycles. The summed E-state index contributed by atoms with van der Waals surface area (Å²) in [6.45, 7) is 11.0. The van der Waals surface area contributed by atoms with Crippen molar-refractivity contribution in [2.24, 2.45) is 4.99 Å². The lowest BCUT2D eigenvalue weighted by Crippen LogP contribution is -2.42. The quantitative estimate of drug-likeness (QED) is 0.447. The standard InChI is InChI=1S/C23H39N3O/c1-6-19(2)25(5)15-10-18-27-22-13-11-21(12-14-22)23(24-4)20(3)26-16-8-7-9-17-26/h11-14,19-20H,6-10,15-18H2,1-5H3. The molecule has 1 saturated heterocycles. The summed E-state index contributed by atoms with van der Waals surface area (Å²) < 4.78 is 5.94. The molecule has 0 bridgehead atoms. The van der Waals surface area contributed by atoms with Crippen molar-refractivity contribution in [2.45, 2.75) is 65.0 Å². The molecule has 0 amide bonds. The van der Waals surface area contributed by atoms with Crippen LogP contribution in [-0.2, 0) is 0 Å². The second-order valence-electron chi connectivity index (χ2n) is 7.85. The van der Waals surface area contributed by atoms with E-state index in [9.17, 15) is 0 Å². The van der Waals surface area contributed by atoms with E-state index in [0.29, 0.717) is 12.1 Å². The summed E-state index contributed by atoms with van der Waals surface area (Å²) in [6.07, 6.45) is 6.22. The lowest BCUT2D eigenvalue weighted by molar-refractivity contribution is 0.211. The Bertz CT molecular complexity index is 563. The van der Waals surface area contributed by atoms with E-state index in [0.717, 1.165) is 25.3 Å². The zero-order valence-corrected chi connectivity index (χ0v) is 18.1. The van der Waals surface area contributed by atoms with Gasteiger partial charge in [0.2, 0.25) is 0 Å². The Balaban J connectivity index is 1.84. The van der Waals surface area contributed by atoms with Crippen LogP contribution in [0.4, 0.5) is 0 Å². The molecule has 1 aromatic rings. The molecule has 1 fully saturated rings. The molecule has 1 aliphatic heterocycles. The van der Waals surface area contributed by atoms with E-state index in [1.165, 1.54) is 50.0 Å². The first-order valence-electron chi connectivity index (χ1n) is 10.7. The SMILES string of the molecule is CCC(C)N(C)CCCOc1ccc(C(=NC)C(C)N2CCCCC2)cc1. The lowest BCUT2D eigenvalue weighted by atomic mass is 10.0. The lowest BCUT2D eigenvalue weighted by Gasteiger charge is -2.33. The van der Waals surface area contributed by atoms with E-state index in [1.807, 2.05) is 7.05 Å². The molecular weight excluding hydrogens is 334 g/mol. The highest BCUT2D eigenvalue weighted by atomic mass is 16.5. The van der Waals surface area contributed by atoms with Gasteiger partial charge in [-0.15, -0.1) is 0 Å². The minimum absolute atomic E-state index is 0.373. The molecule has 0 radical (unpaired) electrons. The van der Waals surface area contributed by atoms with Crippen LogP contribution >= 0.6 is 0 Å². The number of aliphatic imine (C=N–C) groups is 1. The monoisotopic (exact) mass is 373 g/mol. The molecule has 0 spiro atoms. The van der Waals surface area contributed by atoms with E-state index in [1.54, 1.807) is 0 Å². The van der Waals surface area contributed by atoms with Crippen molar-refractivity contribution in [3.63, 3.8) is 0 Å². The Morgan fingerprint density at radius 3 is 2.41 bits per heavy atom. The third kappa shape index (κ3) is 6.62. The van der Waals surface area contributed by atoms with Gasteiger partial charge in [0.05, 0.1) is 12.3 Å². The molecule has 0 N–H and O–H groups in total. The maximum absolute atomic E-state index is 5.94. The van der Waals surface area contributed by atoms with Gasteiger partial charge in [-0.1, -0.05) is 13.3 Å². The predicted molar refractivity (Wildman–Crippen MR) is 116 cm³/mol. The topological polar surface area (TPSA) is 28.1 Å². The normalized spacial score (nSPS) is 18.5. The van der Waals surface area contributed by atoms with Crippen LogP contribution in [0.25, 0.3) is 0 Å². The molecule has 152 valence electrons. The highest BCUT2D eigenvalue weighted by molar-refractivity contribution is 6.04. The zero-order valence-electron chi connectivity index (χ0n) is 18.1. The molecule has 1 heterocycles. The average Bonchev–Trinajstić information content (AvgIpc) is 2.72. The Morgan fingerprint density at radius 2 is 1.81 bits per heavy atom. The molecule has 2 atom stereocenters. The number of rotatable bonds is 10. The van der Waals surface area contributed by atoms with Crippen LogP contribution in [-0.4, -0.2) is 67.9 Å². The average molecular weight is 374 g/mol. The summed E-state index contributed by atoms with van der Waals surface area (Å²) in [4.78, 5) is 9.57. The third-order valence-electron chi connectivity index (χ3n) is 5.99. The van der Waals surface area contributed by atoms with Crippen molar-refractivity contribution in [3.05, 3.63) is 29.8 Å². The number of nitrogens with zero attached hydrogens (tertiary/aromatic N) is 3. The molecule has 4 heteroatoms. The first-order chi connectivity index (χ1) is 13.1. The van der Waals surface area contributed by atoms with E-state index in [-0.39, 0.29) is 0 Å². The largest absolute Gasteiger partial charge is 0.494 e. The van der Waals surface area contributed by atoms with Crippen LogP contribution in [0.15, 0.2) is 29.3 Å². The van der Waals surface area contributed by atoms with Crippen molar-refractivity contribution in [1.29, 1.82) is 0 Å². The van der Waals surface area contributed by atoms with Crippen LogP contribution in [0.2, 0.25) is 0 Å². The van der Waals surface area contributed by atoms with Crippen LogP contribution in [0.1, 0.15) is 58.4 Å². The van der Waals surface area contributed by atoms with Gasteiger partial charge in [-0.05, 0) is 89.5 Å². The molecule has 0 saturated carbocycles. The maximum atomic E-state index is 5.94. The molecule has 1 aliphatic rings. The zero-order chi connectivity index (χ0) is 19.6. The van der Waals surface area contributed by atoms with Gasteiger partial charge in [-0.2, -0.15) is 0 Å². The Hall–Kier alpha value is -1.39. The van der Waals surface area contributed by atoms with Crippen LogP contribution < -0.4 is 4.74 Å². The third-order valence-corrected chi connectivity index (χ3v) is 5.99. The number of piperidine rings is 1. The first-order valence-corrected chi connectivity index (χ1v) is 10.7. The van der Waals surface area contributed by atoms with E-state index in [4.69, 9.17) is 4.74 Å². The minimum Gasteiger partial charge on any atom is -0.494 e. The van der Waals surface area contributed by atoms with Gasteiger partial charge in [0.1, 0.15) is 5.75 Å². The van der Waals surface area contributed by atoms with Crippen LogP contribution in [0.3, 0.4) is 0 Å². The van der Waals surface area contributed by atoms with Gasteiger partial charge in [0, 0.05) is 25.7 Å². The van der Waals surface area contributed by atoms with Crippen molar-refractivity contribution < 1.29 is 4.74 Å². The summed E-state index contributed by atoms with van der Waals surface area (Å²) in [6, 6.07) is 9.49. The number of ether oxygens (including phenoxy) is 1. The van der Waals surface area contributed by atoms with Crippen molar-refractivity contribution in [2.75, 3.05) is 40.3 Å². The molecular formula is C23H39N3O. The summed E-state index contributed by atoms with van der Waals surface area (Å²) in [5.74, 6) is 0.950. The summed E-state index contributed by atoms with van der Waals surface area (Å²) in [5, 5.41) is 0. The molecule has 0 aliphatic carbocycles. The second-order valence-corrected chi connectivity index (χ2v) is 7.85. The fraction of sp³-hybridized carbons (Fsp3) is 0.696. The van der Waals surface area contributed by atoms with Crippen molar-refractivity contribution in [1.82, 2.24) is 9.80 Å². The summed E-state index contributed by atoms with van der Waals surface area (Å²) in [7, 11) is 4.10. The summed E-state index contributed by atoms with van der Waals surface area (Å²) in [5.41, 5.74) is 2.39. The van der Waals surface area contributed by atoms with Crippen molar-refractivity contribution >= 4 is 5.71 Å². The first kappa shape index (κ1) is 21.9. The number of hydrogen-bond acceptors (Lipinski definition) is 4. The Labute approximate surface area is 166 Å². The van der Waals surface area contributed by atoms with E-state index < -0.39 is 0 Å². The van der Waals surface area contributed by atoms with Gasteiger partial charge >= 0.3 is 0 Å². The smallest absolute Gasteiger partial charge is 0.119 e. The van der Waals surface area contributed by atoms with Crippen LogP contribution in [0.5, 0.6) is 5.75 Å². The molecule has 2 rings (SSSR count). The highest BCUT2D eigenvalue weighted by Crippen LogP contribution is 2.19. The molecule has 0 aromatic heterocycles. The molecule has 4 nitrogen and oxygen atoms in total. The highest BCUT2D eigenvalue weighted by Gasteiger charge is 2.21. The van der Waals surface area contributed by atoms with Crippen molar-refractivity contribution in [3.8, 4) is 5.75 Å². The second kappa shape index (κ2) is 11.5. The van der Waals surface area contributed by atoms with Gasteiger partial charge in [0.25, 0.3) is 0 Å². The fourth-order valence-corrected chi connectivity index (χ4v) is 3.79. The Kier molecular flexibility index (Phi) is 9.29. The fourth-order valence-electron chi connectivity index (χ4n) is 3.79. The van der Waals surface area contributed by atoms with E-state index in [2.05, 4.69) is 66.9 Å². The predicted octanol–water partition coefficient (Wildman–Crippen LogP) is 4.48. The van der Waals surface area contributed by atoms with Gasteiger partial charge in [-0.25, -0.2) is 0 Å². The minimum atomic E-state index is 0.373. The van der Waals surface area contributed by atoms with Gasteiger partial charge < -0.3 is 9.64 Å². The van der Waals surface area contributed by atoms with Crippen LogP contribution in [0, 0.1) is 0 Å². The number of benzene rings is 1. The Morgan fingerprint density at radius 1 is 1.15 bits per heavy atom. The number of hydrogen-bond donors (Lipinski definition) is 0. The maximum Gasteiger partial charge on any atom is 0.119 e. The van der Waals surface area contributed by atoms with E-state index >= 15 is 0 Å². The van der Waals surface area contributed by atoms with Gasteiger partial charge in [-0.3, -0.25) is 9.89 Å². The molecule has 2 unspecified atom stereocenters. The molecule has 27 heavy (non-hydrogen) atoms. The van der Waals surface area contributed by atoms with Gasteiger partial charge in [0.15, 0.2) is 0 Å².